The van der Waals surface area contributed by atoms with Crippen LogP contribution in [0, 0.1) is 0 Å². The molecule has 0 radical (unpaired) electrons. The first-order valence-electron chi connectivity index (χ1n) is 17.8. The molecule has 11 rings (SSSR count). The number of furan rings is 1. The summed E-state index contributed by atoms with van der Waals surface area (Å²) in [5.41, 5.74) is 10.4. The summed E-state index contributed by atoms with van der Waals surface area (Å²) >= 11 is 1.88. The predicted octanol–water partition coefficient (Wildman–Crippen LogP) is 14.9. The van der Waals surface area contributed by atoms with Crippen LogP contribution in [-0.2, 0) is 0 Å². The minimum absolute atomic E-state index is 0.905. The molecule has 0 N–H and O–H groups in total. The fourth-order valence-corrected chi connectivity index (χ4v) is 9.72. The van der Waals surface area contributed by atoms with Crippen molar-refractivity contribution in [3.05, 3.63) is 182 Å². The van der Waals surface area contributed by atoms with E-state index in [1.807, 2.05) is 11.3 Å². The van der Waals surface area contributed by atoms with Gasteiger partial charge >= 0.3 is 0 Å². The third-order valence-corrected chi connectivity index (χ3v) is 11.9. The number of benzene rings is 9. The number of hydrogen-bond donors (Lipinski definition) is 0. The van der Waals surface area contributed by atoms with Gasteiger partial charge in [0.1, 0.15) is 11.2 Å². The molecule has 0 atom stereocenters. The first-order valence-corrected chi connectivity index (χ1v) is 18.6. The maximum absolute atomic E-state index is 6.98. The van der Waals surface area contributed by atoms with Crippen molar-refractivity contribution in [2.75, 3.05) is 0 Å². The maximum atomic E-state index is 6.98. The van der Waals surface area contributed by atoms with Gasteiger partial charge in [0.25, 0.3) is 0 Å². The van der Waals surface area contributed by atoms with Gasteiger partial charge < -0.3 is 4.42 Å². The van der Waals surface area contributed by atoms with Gasteiger partial charge in [-0.2, -0.15) is 0 Å². The Morgan fingerprint density at radius 2 is 0.865 bits per heavy atom. The molecule has 0 fully saturated rings. The highest BCUT2D eigenvalue weighted by Gasteiger charge is 2.27. The van der Waals surface area contributed by atoms with Crippen LogP contribution in [0.5, 0.6) is 0 Å². The first kappa shape index (κ1) is 29.3. The molecular weight excluding hydrogens is 649 g/mol. The fraction of sp³-hybridized carbons (Fsp3) is 0. The summed E-state index contributed by atoms with van der Waals surface area (Å²) in [6, 6.07) is 66.0. The van der Waals surface area contributed by atoms with E-state index in [4.69, 9.17) is 4.42 Å². The van der Waals surface area contributed by atoms with Crippen LogP contribution in [0.2, 0.25) is 0 Å². The molecule has 11 aromatic rings. The Morgan fingerprint density at radius 1 is 0.327 bits per heavy atom. The van der Waals surface area contributed by atoms with Crippen molar-refractivity contribution >= 4 is 75.7 Å². The average Bonchev–Trinajstić information content (AvgIpc) is 3.78. The number of fused-ring (bicyclic) bond motifs is 7. The van der Waals surface area contributed by atoms with E-state index in [-0.39, 0.29) is 0 Å². The van der Waals surface area contributed by atoms with Gasteiger partial charge in [0, 0.05) is 42.4 Å². The zero-order valence-electron chi connectivity index (χ0n) is 28.1. The molecule has 242 valence electrons. The molecular formula is C50H30OS. The molecule has 2 aromatic heterocycles. The van der Waals surface area contributed by atoms with Crippen LogP contribution >= 0.6 is 11.3 Å². The molecule has 9 aromatic carbocycles. The highest BCUT2D eigenvalue weighted by atomic mass is 32.1. The van der Waals surface area contributed by atoms with Crippen molar-refractivity contribution in [1.82, 2.24) is 0 Å². The van der Waals surface area contributed by atoms with Crippen LogP contribution in [0.3, 0.4) is 0 Å². The fourth-order valence-electron chi connectivity index (χ4n) is 8.38. The molecule has 0 spiro atoms. The summed E-state index contributed by atoms with van der Waals surface area (Å²) in [6.45, 7) is 0. The zero-order chi connectivity index (χ0) is 34.2. The molecule has 0 aliphatic rings. The van der Waals surface area contributed by atoms with Crippen LogP contribution in [-0.4, -0.2) is 0 Å². The number of rotatable bonds is 4. The Hall–Kier alpha value is -6.48. The zero-order valence-corrected chi connectivity index (χ0v) is 29.0. The van der Waals surface area contributed by atoms with Gasteiger partial charge in [-0.1, -0.05) is 164 Å². The van der Waals surface area contributed by atoms with Gasteiger partial charge in [-0.3, -0.25) is 0 Å². The summed E-state index contributed by atoms with van der Waals surface area (Å²) in [7, 11) is 0. The molecule has 0 saturated carbocycles. The van der Waals surface area contributed by atoms with Gasteiger partial charge in [-0.15, -0.1) is 11.3 Å². The van der Waals surface area contributed by atoms with Crippen LogP contribution in [0.4, 0.5) is 0 Å². The van der Waals surface area contributed by atoms with E-state index >= 15 is 0 Å². The van der Waals surface area contributed by atoms with E-state index < -0.39 is 0 Å². The lowest BCUT2D eigenvalue weighted by Gasteiger charge is -2.18. The van der Waals surface area contributed by atoms with Crippen molar-refractivity contribution in [3.8, 4) is 43.8 Å². The molecule has 52 heavy (non-hydrogen) atoms. The Kier molecular flexibility index (Phi) is 6.49. The van der Waals surface area contributed by atoms with Crippen molar-refractivity contribution in [2.45, 2.75) is 0 Å². The summed E-state index contributed by atoms with van der Waals surface area (Å²) in [5.74, 6) is 0. The van der Waals surface area contributed by atoms with E-state index in [2.05, 4.69) is 182 Å². The monoisotopic (exact) mass is 678 g/mol. The highest BCUT2D eigenvalue weighted by molar-refractivity contribution is 7.23. The maximum Gasteiger partial charge on any atom is 0.144 e. The molecule has 0 saturated heterocycles. The smallest absolute Gasteiger partial charge is 0.144 e. The number of para-hydroxylation sites is 1. The van der Waals surface area contributed by atoms with Crippen LogP contribution in [0.25, 0.3) is 108 Å². The quantitative estimate of drug-likeness (QED) is 0.169. The number of thiophene rings is 1. The van der Waals surface area contributed by atoms with Gasteiger partial charge in [-0.25, -0.2) is 0 Å². The van der Waals surface area contributed by atoms with Gasteiger partial charge in [0.15, 0.2) is 0 Å². The predicted molar refractivity (Wildman–Crippen MR) is 223 cm³/mol. The topological polar surface area (TPSA) is 13.1 Å². The minimum Gasteiger partial charge on any atom is -0.455 e. The summed E-state index contributed by atoms with van der Waals surface area (Å²) in [4.78, 5) is 1.26. The molecule has 1 nitrogen and oxygen atoms in total. The van der Waals surface area contributed by atoms with Crippen LogP contribution in [0.15, 0.2) is 186 Å². The van der Waals surface area contributed by atoms with Crippen LogP contribution < -0.4 is 0 Å². The molecule has 0 unspecified atom stereocenters. The average molecular weight is 679 g/mol. The third-order valence-electron chi connectivity index (χ3n) is 10.6. The van der Waals surface area contributed by atoms with Crippen molar-refractivity contribution in [3.63, 3.8) is 0 Å². The van der Waals surface area contributed by atoms with Crippen molar-refractivity contribution in [2.24, 2.45) is 0 Å². The molecule has 0 bridgehead atoms. The molecule has 0 aliphatic heterocycles. The van der Waals surface area contributed by atoms with Crippen LogP contribution in [0.1, 0.15) is 0 Å². The second kappa shape index (κ2) is 11.5. The first-order chi connectivity index (χ1) is 25.8. The van der Waals surface area contributed by atoms with Gasteiger partial charge in [0.05, 0.1) is 0 Å². The SMILES string of the molecule is c1ccc(-c2c3ccccc3c(-c3c4oc5ccccc5c4cc4c(-c5ccccc5)c(-c5ccc6ccccc6c5)sc34)c3ccccc23)cc1. The normalized spacial score (nSPS) is 11.8. The Bertz CT molecular complexity index is 3110. The molecule has 0 amide bonds. The molecule has 2 heteroatoms. The van der Waals surface area contributed by atoms with Gasteiger partial charge in [-0.05, 0) is 72.8 Å². The number of hydrogen-bond acceptors (Lipinski definition) is 2. The summed E-state index contributed by atoms with van der Waals surface area (Å²) in [5, 5.41) is 10.9. The second-order valence-electron chi connectivity index (χ2n) is 13.5. The Labute approximate surface area is 304 Å². The Morgan fingerprint density at radius 3 is 1.54 bits per heavy atom. The minimum atomic E-state index is 0.905. The van der Waals surface area contributed by atoms with E-state index in [1.165, 1.54) is 80.7 Å². The third kappa shape index (κ3) is 4.35. The largest absolute Gasteiger partial charge is 0.455 e. The van der Waals surface area contributed by atoms with E-state index in [0.717, 1.165) is 27.5 Å². The lowest BCUT2D eigenvalue weighted by molar-refractivity contribution is 0.670. The second-order valence-corrected chi connectivity index (χ2v) is 14.6. The molecule has 0 aliphatic carbocycles. The summed E-state index contributed by atoms with van der Waals surface area (Å²) < 4.78 is 8.22. The molecule has 2 heterocycles. The highest BCUT2D eigenvalue weighted by Crippen LogP contribution is 2.54. The van der Waals surface area contributed by atoms with Gasteiger partial charge in [0.2, 0.25) is 0 Å². The van der Waals surface area contributed by atoms with E-state index in [0.29, 0.717) is 0 Å². The Balaban J connectivity index is 1.36. The lowest BCUT2D eigenvalue weighted by atomic mass is 9.85. The summed E-state index contributed by atoms with van der Waals surface area (Å²) in [6.07, 6.45) is 0. The van der Waals surface area contributed by atoms with Crippen molar-refractivity contribution in [1.29, 1.82) is 0 Å². The standard InChI is InChI=1S/C50H30OS/c1-3-16-32(17-4-1)44-37-22-9-11-24-39(37)46(40-25-12-10-23-38(40)44)47-48-41(36-21-13-14-26-43(36)51-48)30-42-45(33-18-5-2-6-19-33)49(52-50(42)47)35-28-27-31-15-7-8-20-34(31)29-35/h1-30H. The van der Waals surface area contributed by atoms with Crippen molar-refractivity contribution < 1.29 is 4.42 Å². The van der Waals surface area contributed by atoms with E-state index in [9.17, 15) is 0 Å². The lowest BCUT2D eigenvalue weighted by Crippen LogP contribution is -1.91. The van der Waals surface area contributed by atoms with E-state index in [1.54, 1.807) is 0 Å².